The zero-order valence-corrected chi connectivity index (χ0v) is 14.0. The lowest BCUT2D eigenvalue weighted by Crippen LogP contribution is -2.40. The number of hydrogen-bond acceptors (Lipinski definition) is 3. The first-order valence-electron chi connectivity index (χ1n) is 8.33. The van der Waals surface area contributed by atoms with Crippen molar-refractivity contribution >= 4 is 11.9 Å². The molecule has 3 rings (SSSR count). The molecule has 132 valence electrons. The molecule has 7 heteroatoms. The van der Waals surface area contributed by atoms with Gasteiger partial charge in [-0.2, -0.15) is 0 Å². The Hall–Kier alpha value is -2.83. The topological polar surface area (TPSA) is 106 Å². The minimum absolute atomic E-state index is 0.0555. The summed E-state index contributed by atoms with van der Waals surface area (Å²) < 4.78 is 0. The molecule has 1 aromatic heterocycles. The molecule has 1 amide bonds. The van der Waals surface area contributed by atoms with E-state index in [1.54, 1.807) is 24.0 Å². The molecule has 0 radical (unpaired) electrons. The lowest BCUT2D eigenvalue weighted by molar-refractivity contribution is -0.131. The van der Waals surface area contributed by atoms with Crippen LogP contribution in [-0.2, 0) is 11.2 Å². The molecule has 3 N–H and O–H groups in total. The van der Waals surface area contributed by atoms with Crippen LogP contribution < -0.4 is 5.56 Å². The molecule has 7 nitrogen and oxygen atoms in total. The third kappa shape index (κ3) is 3.65. The van der Waals surface area contributed by atoms with Crippen LogP contribution in [0.3, 0.4) is 0 Å². The van der Waals surface area contributed by atoms with Crippen molar-refractivity contribution in [2.45, 2.75) is 32.1 Å². The minimum atomic E-state index is -0.945. The SMILES string of the molecule is Cc1[nH][nH]c(=O)c1CC(=O)N1CCC[C@H](c2ccc(C(=O)O)cc2)C1. The largest absolute Gasteiger partial charge is 0.478 e. The average molecular weight is 343 g/mol. The van der Waals surface area contributed by atoms with Crippen LogP contribution in [0.25, 0.3) is 0 Å². The van der Waals surface area contributed by atoms with Gasteiger partial charge in [-0.25, -0.2) is 4.79 Å². The highest BCUT2D eigenvalue weighted by Crippen LogP contribution is 2.27. The van der Waals surface area contributed by atoms with Gasteiger partial charge in [0.15, 0.2) is 0 Å². The number of H-pyrrole nitrogens is 2. The number of nitrogens with one attached hydrogen (secondary N) is 2. The van der Waals surface area contributed by atoms with Gasteiger partial charge in [-0.15, -0.1) is 0 Å². The van der Waals surface area contributed by atoms with Crippen molar-refractivity contribution in [3.63, 3.8) is 0 Å². The van der Waals surface area contributed by atoms with E-state index in [9.17, 15) is 14.4 Å². The molecule has 0 aliphatic carbocycles. The Labute approximate surface area is 144 Å². The van der Waals surface area contributed by atoms with E-state index in [-0.39, 0.29) is 29.4 Å². The Balaban J connectivity index is 1.69. The summed E-state index contributed by atoms with van der Waals surface area (Å²) in [5.74, 6) is -0.815. The molecule has 0 bridgehead atoms. The van der Waals surface area contributed by atoms with E-state index < -0.39 is 5.97 Å². The fourth-order valence-corrected chi connectivity index (χ4v) is 3.32. The quantitative estimate of drug-likeness (QED) is 0.785. The van der Waals surface area contributed by atoms with Crippen LogP contribution in [-0.4, -0.2) is 45.2 Å². The second-order valence-corrected chi connectivity index (χ2v) is 6.47. The average Bonchev–Trinajstić information content (AvgIpc) is 2.94. The predicted octanol–water partition coefficient (Wildman–Crippen LogP) is 1.66. The fraction of sp³-hybridized carbons (Fsp3) is 0.389. The highest BCUT2D eigenvalue weighted by atomic mass is 16.4. The summed E-state index contributed by atoms with van der Waals surface area (Å²) >= 11 is 0. The van der Waals surface area contributed by atoms with Crippen molar-refractivity contribution in [1.82, 2.24) is 15.1 Å². The summed E-state index contributed by atoms with van der Waals surface area (Å²) in [4.78, 5) is 37.0. The van der Waals surface area contributed by atoms with Gasteiger partial charge in [0.25, 0.3) is 5.56 Å². The van der Waals surface area contributed by atoms with Crippen molar-refractivity contribution in [2.24, 2.45) is 0 Å². The van der Waals surface area contributed by atoms with Crippen molar-refractivity contribution < 1.29 is 14.7 Å². The van der Waals surface area contributed by atoms with Crippen LogP contribution in [0.15, 0.2) is 29.1 Å². The molecule has 1 atom stereocenters. The number of aromatic amines is 2. The number of carboxylic acid groups (broad SMARTS) is 1. The summed E-state index contributed by atoms with van der Waals surface area (Å²) in [6.45, 7) is 3.04. The first-order chi connectivity index (χ1) is 12.0. The summed E-state index contributed by atoms with van der Waals surface area (Å²) in [5.41, 5.74) is 2.23. The first-order valence-corrected chi connectivity index (χ1v) is 8.33. The Morgan fingerprint density at radius 3 is 2.56 bits per heavy atom. The normalized spacial score (nSPS) is 17.5. The summed E-state index contributed by atoms with van der Waals surface area (Å²) in [5, 5.41) is 14.2. The zero-order chi connectivity index (χ0) is 18.0. The predicted molar refractivity (Wildman–Crippen MR) is 91.8 cm³/mol. The standard InChI is InChI=1S/C18H21N3O4/c1-11-15(17(23)20-19-11)9-16(22)21-8-2-3-14(10-21)12-4-6-13(7-5-12)18(24)25/h4-7,14H,2-3,8-10H2,1H3,(H,24,25)(H2,19,20,23)/t14-/m0/s1. The molecule has 1 aromatic carbocycles. The van der Waals surface area contributed by atoms with Gasteiger partial charge in [0, 0.05) is 30.3 Å². The summed E-state index contributed by atoms with van der Waals surface area (Å²) in [6.07, 6.45) is 1.94. The molecule has 0 spiro atoms. The van der Waals surface area contributed by atoms with Gasteiger partial charge in [0.05, 0.1) is 12.0 Å². The van der Waals surface area contributed by atoms with E-state index in [2.05, 4.69) is 10.2 Å². The number of aromatic carboxylic acids is 1. The van der Waals surface area contributed by atoms with Crippen LogP contribution in [0.2, 0.25) is 0 Å². The second kappa shape index (κ2) is 6.96. The molecule has 1 aliphatic rings. The van der Waals surface area contributed by atoms with Crippen molar-refractivity contribution in [3.05, 3.63) is 57.0 Å². The molecule has 2 heterocycles. The number of likely N-dealkylation sites (tertiary alicyclic amines) is 1. The van der Waals surface area contributed by atoms with E-state index in [4.69, 9.17) is 5.11 Å². The monoisotopic (exact) mass is 343 g/mol. The molecular formula is C18H21N3O4. The number of rotatable bonds is 4. The maximum atomic E-state index is 12.6. The number of piperidine rings is 1. The Kier molecular flexibility index (Phi) is 4.74. The number of aryl methyl sites for hydroxylation is 1. The van der Waals surface area contributed by atoms with Gasteiger partial charge in [-0.3, -0.25) is 14.7 Å². The summed E-state index contributed by atoms with van der Waals surface area (Å²) in [6, 6.07) is 6.84. The summed E-state index contributed by atoms with van der Waals surface area (Å²) in [7, 11) is 0. The van der Waals surface area contributed by atoms with Crippen LogP contribution in [0.4, 0.5) is 0 Å². The highest BCUT2D eigenvalue weighted by molar-refractivity contribution is 5.87. The van der Waals surface area contributed by atoms with Crippen LogP contribution in [0.1, 0.15) is 45.9 Å². The number of hydrogen-bond donors (Lipinski definition) is 3. The maximum absolute atomic E-state index is 12.6. The van der Waals surface area contributed by atoms with Crippen LogP contribution in [0, 0.1) is 6.92 Å². The van der Waals surface area contributed by atoms with E-state index in [0.717, 1.165) is 18.4 Å². The molecular weight excluding hydrogens is 322 g/mol. The van der Waals surface area contributed by atoms with Crippen molar-refractivity contribution in [3.8, 4) is 0 Å². The van der Waals surface area contributed by atoms with Crippen molar-refractivity contribution in [1.29, 1.82) is 0 Å². The molecule has 25 heavy (non-hydrogen) atoms. The van der Waals surface area contributed by atoms with E-state index in [1.807, 2.05) is 12.1 Å². The Morgan fingerprint density at radius 2 is 1.96 bits per heavy atom. The van der Waals surface area contributed by atoms with Gasteiger partial charge in [0.2, 0.25) is 5.91 Å². The Morgan fingerprint density at radius 1 is 1.24 bits per heavy atom. The lowest BCUT2D eigenvalue weighted by Gasteiger charge is -2.33. The van der Waals surface area contributed by atoms with E-state index >= 15 is 0 Å². The van der Waals surface area contributed by atoms with E-state index in [1.165, 1.54) is 0 Å². The van der Waals surface area contributed by atoms with Crippen molar-refractivity contribution in [2.75, 3.05) is 13.1 Å². The molecule has 1 fully saturated rings. The third-order valence-corrected chi connectivity index (χ3v) is 4.82. The molecule has 1 aliphatic heterocycles. The molecule has 1 saturated heterocycles. The minimum Gasteiger partial charge on any atom is -0.478 e. The van der Waals surface area contributed by atoms with Crippen LogP contribution in [0.5, 0.6) is 0 Å². The smallest absolute Gasteiger partial charge is 0.335 e. The van der Waals surface area contributed by atoms with Gasteiger partial charge in [0.1, 0.15) is 0 Å². The first kappa shape index (κ1) is 17.0. The number of aromatic nitrogens is 2. The molecule has 0 saturated carbocycles. The second-order valence-electron chi connectivity index (χ2n) is 6.47. The van der Waals surface area contributed by atoms with Gasteiger partial charge >= 0.3 is 5.97 Å². The number of carboxylic acids is 1. The number of carbonyl (C=O) groups excluding carboxylic acids is 1. The van der Waals surface area contributed by atoms with Gasteiger partial charge < -0.3 is 15.1 Å². The fourth-order valence-electron chi connectivity index (χ4n) is 3.32. The number of amides is 1. The van der Waals surface area contributed by atoms with Crippen LogP contribution >= 0.6 is 0 Å². The number of benzene rings is 1. The lowest BCUT2D eigenvalue weighted by atomic mass is 9.90. The zero-order valence-electron chi connectivity index (χ0n) is 14.0. The van der Waals surface area contributed by atoms with Gasteiger partial charge in [-0.1, -0.05) is 12.1 Å². The number of carbonyl (C=O) groups is 2. The van der Waals surface area contributed by atoms with Gasteiger partial charge in [-0.05, 0) is 37.5 Å². The Bertz CT molecular complexity index is 835. The molecule has 0 unspecified atom stereocenters. The van der Waals surface area contributed by atoms with E-state index in [0.29, 0.717) is 24.3 Å². The highest BCUT2D eigenvalue weighted by Gasteiger charge is 2.26. The molecule has 2 aromatic rings. The third-order valence-electron chi connectivity index (χ3n) is 4.82. The number of nitrogens with zero attached hydrogens (tertiary/aromatic N) is 1. The maximum Gasteiger partial charge on any atom is 0.335 e.